The van der Waals surface area contributed by atoms with Crippen molar-refractivity contribution in [1.82, 2.24) is 0 Å². The molecule has 0 aromatic heterocycles. The standard InChI is InChI=1S/C2H3OS/c1-3-2-4/h1H3. The second-order valence-corrected chi connectivity index (χ2v) is 0.454. The lowest BCUT2D eigenvalue weighted by molar-refractivity contribution is 0.432. The molecule has 0 amide bonds. The fraction of sp³-hybridized carbons (Fsp3) is 0.500. The summed E-state index contributed by atoms with van der Waals surface area (Å²) in [6.07, 6.45) is 0. The summed E-state index contributed by atoms with van der Waals surface area (Å²) in [6.45, 7) is 0. The van der Waals surface area contributed by atoms with E-state index in [1.54, 1.807) is 0 Å². The molecule has 0 aliphatic rings. The molecule has 0 fully saturated rings. The van der Waals surface area contributed by atoms with Gasteiger partial charge in [-0.15, -0.1) is 0 Å². The van der Waals surface area contributed by atoms with E-state index in [0.29, 0.717) is 0 Å². The Labute approximate surface area is 30.6 Å². The van der Waals surface area contributed by atoms with Crippen LogP contribution in [0, 0.1) is 0 Å². The largest absolute Gasteiger partial charge is 0.483 e. The topological polar surface area (TPSA) is 9.23 Å². The maximum atomic E-state index is 4.11. The van der Waals surface area contributed by atoms with E-state index in [-0.39, 0.29) is 0 Å². The van der Waals surface area contributed by atoms with Crippen LogP contribution in [0.2, 0.25) is 0 Å². The molecule has 23 valence electrons. The van der Waals surface area contributed by atoms with Crippen LogP contribution in [0.5, 0.6) is 0 Å². The van der Waals surface area contributed by atoms with Crippen LogP contribution >= 0.6 is 12.2 Å². The zero-order valence-electron chi connectivity index (χ0n) is 2.32. The van der Waals surface area contributed by atoms with Crippen molar-refractivity contribution in [3.63, 3.8) is 0 Å². The Morgan fingerprint density at radius 3 is 2.25 bits per heavy atom. The predicted molar refractivity (Wildman–Crippen MR) is 19.6 cm³/mol. The number of rotatable bonds is 1. The first-order chi connectivity index (χ1) is 1.91. The van der Waals surface area contributed by atoms with Crippen molar-refractivity contribution in [2.75, 3.05) is 7.11 Å². The van der Waals surface area contributed by atoms with Crippen molar-refractivity contribution in [2.24, 2.45) is 0 Å². The van der Waals surface area contributed by atoms with Gasteiger partial charge in [0.15, 0.2) is 0 Å². The summed E-state index contributed by atoms with van der Waals surface area (Å²) in [7, 11) is 1.47. The van der Waals surface area contributed by atoms with Gasteiger partial charge in [-0.3, -0.25) is 0 Å². The minimum atomic E-state index is 1.47. The highest BCUT2D eigenvalue weighted by Crippen LogP contribution is 1.45. The average Bonchev–Trinajstić information content (AvgIpc) is 1.37. The third-order valence-corrected chi connectivity index (χ3v) is 0.250. The first kappa shape index (κ1) is 3.89. The summed E-state index contributed by atoms with van der Waals surface area (Å²) < 4.78 is 4.11. The molecule has 0 spiro atoms. The molecule has 0 bridgehead atoms. The number of hydrogen-bond donors (Lipinski definition) is 0. The molecule has 1 nitrogen and oxygen atoms in total. The van der Waals surface area contributed by atoms with Crippen LogP contribution in [0.15, 0.2) is 0 Å². The Morgan fingerprint density at radius 1 is 2.00 bits per heavy atom. The zero-order valence-corrected chi connectivity index (χ0v) is 3.13. The second-order valence-electron chi connectivity index (χ2n) is 0.287. The Morgan fingerprint density at radius 2 is 2.25 bits per heavy atom. The molecule has 0 aliphatic heterocycles. The van der Waals surface area contributed by atoms with Gasteiger partial charge in [-0.2, -0.15) is 0 Å². The first-order valence-electron chi connectivity index (χ1n) is 0.816. The number of methoxy groups -OCH3 is 1. The maximum absolute atomic E-state index is 4.11. The predicted octanol–water partition coefficient (Wildman–Crippen LogP) is 0.467. The van der Waals surface area contributed by atoms with Crippen LogP contribution in [-0.4, -0.2) is 12.7 Å². The molecule has 2 heteroatoms. The minimum Gasteiger partial charge on any atom is -0.483 e. The van der Waals surface area contributed by atoms with Crippen molar-refractivity contribution < 1.29 is 4.74 Å². The first-order valence-corrected chi connectivity index (χ1v) is 1.22. The van der Waals surface area contributed by atoms with E-state index in [2.05, 4.69) is 17.0 Å². The summed E-state index contributed by atoms with van der Waals surface area (Å²) >= 11 is 4.08. The Balaban J connectivity index is 2.30. The number of ether oxygens (including phenoxy) is 1. The highest BCUT2D eigenvalue weighted by atomic mass is 32.1. The number of hydrogen-bond acceptors (Lipinski definition) is 2. The highest BCUT2D eigenvalue weighted by molar-refractivity contribution is 7.78. The van der Waals surface area contributed by atoms with Gasteiger partial charge in [0.1, 0.15) is 0 Å². The van der Waals surface area contributed by atoms with E-state index in [1.165, 1.54) is 7.11 Å². The summed E-state index contributed by atoms with van der Waals surface area (Å²) in [5.41, 5.74) is 2.01. The van der Waals surface area contributed by atoms with Gasteiger partial charge >= 0.3 is 0 Å². The number of thiocarbonyl (C=S) groups is 1. The van der Waals surface area contributed by atoms with E-state index in [1.807, 2.05) is 5.55 Å². The van der Waals surface area contributed by atoms with Crippen LogP contribution in [0.25, 0.3) is 0 Å². The fourth-order valence-corrected chi connectivity index (χ4v) is 0. The summed E-state index contributed by atoms with van der Waals surface area (Å²) in [4.78, 5) is 0. The van der Waals surface area contributed by atoms with Gasteiger partial charge in [0, 0.05) is 0 Å². The van der Waals surface area contributed by atoms with Crippen LogP contribution in [0.4, 0.5) is 0 Å². The fourth-order valence-electron chi connectivity index (χ4n) is 0. The van der Waals surface area contributed by atoms with E-state index in [9.17, 15) is 0 Å². The Hall–Kier alpha value is -0.110. The van der Waals surface area contributed by atoms with E-state index < -0.39 is 0 Å². The van der Waals surface area contributed by atoms with Crippen molar-refractivity contribution in [2.45, 2.75) is 0 Å². The molecule has 0 heterocycles. The van der Waals surface area contributed by atoms with Gasteiger partial charge < -0.3 is 4.74 Å². The molecule has 0 saturated carbocycles. The van der Waals surface area contributed by atoms with Gasteiger partial charge in [-0.25, -0.2) is 0 Å². The van der Waals surface area contributed by atoms with Crippen LogP contribution < -0.4 is 0 Å². The summed E-state index contributed by atoms with van der Waals surface area (Å²) in [5.74, 6) is 0. The van der Waals surface area contributed by atoms with Crippen molar-refractivity contribution in [3.05, 3.63) is 0 Å². The van der Waals surface area contributed by atoms with Crippen molar-refractivity contribution in [3.8, 4) is 0 Å². The molecular formula is C2H3OS. The molecule has 0 aliphatic carbocycles. The van der Waals surface area contributed by atoms with Crippen LogP contribution in [0.1, 0.15) is 0 Å². The third kappa shape index (κ3) is 1.89. The lowest BCUT2D eigenvalue weighted by Gasteiger charge is -1.67. The molecule has 0 saturated heterocycles. The van der Waals surface area contributed by atoms with Gasteiger partial charge in [0.2, 0.25) is 5.55 Å². The molecule has 1 radical (unpaired) electrons. The lowest BCUT2D eigenvalue weighted by atomic mass is 11.5. The van der Waals surface area contributed by atoms with Crippen LogP contribution in [0.3, 0.4) is 0 Å². The zero-order chi connectivity index (χ0) is 3.41. The quantitative estimate of drug-likeness (QED) is 0.419. The van der Waals surface area contributed by atoms with Gasteiger partial charge in [0.05, 0.1) is 7.11 Å². The highest BCUT2D eigenvalue weighted by Gasteiger charge is 1.43. The smallest absolute Gasteiger partial charge is 0.238 e. The van der Waals surface area contributed by atoms with E-state index >= 15 is 0 Å². The van der Waals surface area contributed by atoms with Crippen molar-refractivity contribution >= 4 is 17.8 Å². The third-order valence-electron chi connectivity index (χ3n) is 0.0833. The SMILES string of the molecule is CO[C]=S. The lowest BCUT2D eigenvalue weighted by Crippen LogP contribution is -1.64. The van der Waals surface area contributed by atoms with E-state index in [0.717, 1.165) is 0 Å². The average molecular weight is 75.1 g/mol. The molecule has 0 unspecified atom stereocenters. The monoisotopic (exact) mass is 75.0 g/mol. The van der Waals surface area contributed by atoms with Gasteiger partial charge in [-0.05, 0) is 12.2 Å². The maximum Gasteiger partial charge on any atom is 0.238 e. The normalized spacial score (nSPS) is 5.25. The molecular weight excluding hydrogens is 72.1 g/mol. The molecule has 0 N–H and O–H groups in total. The summed E-state index contributed by atoms with van der Waals surface area (Å²) in [5, 5.41) is 0. The Bertz CT molecular complexity index is 20.0. The summed E-state index contributed by atoms with van der Waals surface area (Å²) in [6, 6.07) is 0. The minimum absolute atomic E-state index is 1.47. The van der Waals surface area contributed by atoms with Crippen molar-refractivity contribution in [1.29, 1.82) is 0 Å². The second kappa shape index (κ2) is 2.89. The van der Waals surface area contributed by atoms with Crippen LogP contribution in [-0.2, 0) is 4.74 Å². The van der Waals surface area contributed by atoms with Gasteiger partial charge in [0.25, 0.3) is 0 Å². The molecule has 0 aromatic rings. The molecule has 0 atom stereocenters. The van der Waals surface area contributed by atoms with Gasteiger partial charge in [-0.1, -0.05) is 0 Å². The molecule has 0 aromatic carbocycles. The Kier molecular flexibility index (Phi) is 2.81. The molecule has 0 rings (SSSR count). The van der Waals surface area contributed by atoms with E-state index in [4.69, 9.17) is 0 Å². The molecule has 4 heavy (non-hydrogen) atoms.